The summed E-state index contributed by atoms with van der Waals surface area (Å²) in [6.07, 6.45) is 0.0949. The van der Waals surface area contributed by atoms with Crippen LogP contribution in [0.3, 0.4) is 0 Å². The van der Waals surface area contributed by atoms with Crippen molar-refractivity contribution in [3.8, 4) is 0 Å². The molecule has 0 aliphatic rings. The number of aryl methyl sites for hydroxylation is 2. The molecule has 0 aliphatic carbocycles. The summed E-state index contributed by atoms with van der Waals surface area (Å²) < 4.78 is 0. The van der Waals surface area contributed by atoms with Crippen LogP contribution < -0.4 is 0 Å². The van der Waals surface area contributed by atoms with E-state index in [0.29, 0.717) is 5.56 Å². The molecule has 0 spiro atoms. The number of hydrogen-bond acceptors (Lipinski definition) is 3. The van der Waals surface area contributed by atoms with Gasteiger partial charge in [-0.3, -0.25) is 14.9 Å². The summed E-state index contributed by atoms with van der Waals surface area (Å²) in [5, 5.41) is 19.1. The molecule has 5 heteroatoms. The Hall–Kier alpha value is -1.91. The van der Waals surface area contributed by atoms with Gasteiger partial charge in [-0.1, -0.05) is 11.6 Å². The number of benzene rings is 1. The molecule has 5 nitrogen and oxygen atoms in total. The van der Waals surface area contributed by atoms with Crippen molar-refractivity contribution in [1.82, 2.24) is 0 Å². The molecular weight excluding hydrogens is 198 g/mol. The second-order valence-corrected chi connectivity index (χ2v) is 3.28. The number of carbonyl (C=O) groups is 1. The van der Waals surface area contributed by atoms with Crippen LogP contribution in [0.4, 0.5) is 5.69 Å². The molecule has 1 N–H and O–H groups in total. The van der Waals surface area contributed by atoms with E-state index in [4.69, 9.17) is 5.11 Å². The lowest BCUT2D eigenvalue weighted by molar-refractivity contribution is -0.385. The molecule has 0 saturated heterocycles. The average Bonchev–Trinajstić information content (AvgIpc) is 2.14. The van der Waals surface area contributed by atoms with E-state index in [1.54, 1.807) is 12.1 Å². The van der Waals surface area contributed by atoms with Crippen LogP contribution in [0.15, 0.2) is 18.2 Å². The van der Waals surface area contributed by atoms with Crippen LogP contribution in [0.5, 0.6) is 0 Å². The molecule has 80 valence electrons. The molecule has 0 amide bonds. The summed E-state index contributed by atoms with van der Waals surface area (Å²) in [5.41, 5.74) is 1.35. The van der Waals surface area contributed by atoms with Gasteiger partial charge in [0.2, 0.25) is 0 Å². The lowest BCUT2D eigenvalue weighted by Gasteiger charge is -2.02. The summed E-state index contributed by atoms with van der Waals surface area (Å²) >= 11 is 0. The SMILES string of the molecule is Cc1ccc([N+](=O)[O-])c(CCC(=O)O)c1. The van der Waals surface area contributed by atoms with E-state index in [-0.39, 0.29) is 18.5 Å². The Kier molecular flexibility index (Phi) is 3.38. The number of carboxylic acids is 1. The van der Waals surface area contributed by atoms with Gasteiger partial charge in [0.15, 0.2) is 0 Å². The monoisotopic (exact) mass is 209 g/mol. The number of nitro benzene ring substituents is 1. The Balaban J connectivity index is 2.96. The minimum Gasteiger partial charge on any atom is -0.481 e. The van der Waals surface area contributed by atoms with Crippen molar-refractivity contribution in [1.29, 1.82) is 0 Å². The Bertz CT molecular complexity index is 400. The molecule has 0 unspecified atom stereocenters. The smallest absolute Gasteiger partial charge is 0.303 e. The number of hydrogen-bond donors (Lipinski definition) is 1. The second-order valence-electron chi connectivity index (χ2n) is 3.28. The van der Waals surface area contributed by atoms with Gasteiger partial charge in [0, 0.05) is 18.1 Å². The largest absolute Gasteiger partial charge is 0.481 e. The zero-order valence-corrected chi connectivity index (χ0v) is 8.27. The van der Waals surface area contributed by atoms with Gasteiger partial charge in [-0.05, 0) is 19.4 Å². The molecule has 0 aliphatic heterocycles. The Morgan fingerprint density at radius 2 is 2.20 bits per heavy atom. The molecule has 1 aromatic rings. The van der Waals surface area contributed by atoms with Crippen LogP contribution in [0.25, 0.3) is 0 Å². The van der Waals surface area contributed by atoms with Crippen LogP contribution in [0.2, 0.25) is 0 Å². The highest BCUT2D eigenvalue weighted by molar-refractivity contribution is 5.67. The van der Waals surface area contributed by atoms with Gasteiger partial charge in [0.1, 0.15) is 0 Å². The van der Waals surface area contributed by atoms with E-state index in [1.807, 2.05) is 6.92 Å². The third-order valence-corrected chi connectivity index (χ3v) is 2.04. The van der Waals surface area contributed by atoms with Crippen molar-refractivity contribution in [2.24, 2.45) is 0 Å². The van der Waals surface area contributed by atoms with E-state index < -0.39 is 10.9 Å². The number of rotatable bonds is 4. The maximum atomic E-state index is 10.6. The Morgan fingerprint density at radius 1 is 1.53 bits per heavy atom. The maximum Gasteiger partial charge on any atom is 0.303 e. The van der Waals surface area contributed by atoms with Crippen LogP contribution in [-0.2, 0) is 11.2 Å². The van der Waals surface area contributed by atoms with E-state index in [2.05, 4.69) is 0 Å². The van der Waals surface area contributed by atoms with Crippen LogP contribution >= 0.6 is 0 Å². The highest BCUT2D eigenvalue weighted by Gasteiger charge is 2.13. The lowest BCUT2D eigenvalue weighted by Crippen LogP contribution is -2.01. The van der Waals surface area contributed by atoms with Crippen molar-refractivity contribution < 1.29 is 14.8 Å². The molecule has 15 heavy (non-hydrogen) atoms. The summed E-state index contributed by atoms with van der Waals surface area (Å²) in [6.45, 7) is 1.81. The van der Waals surface area contributed by atoms with Gasteiger partial charge in [0.25, 0.3) is 5.69 Å². The predicted octanol–water partition coefficient (Wildman–Crippen LogP) is 1.92. The first-order valence-corrected chi connectivity index (χ1v) is 4.46. The molecule has 0 fully saturated rings. The van der Waals surface area contributed by atoms with Crippen molar-refractivity contribution in [2.75, 3.05) is 0 Å². The third kappa shape index (κ3) is 3.05. The average molecular weight is 209 g/mol. The van der Waals surface area contributed by atoms with Gasteiger partial charge in [-0.15, -0.1) is 0 Å². The van der Waals surface area contributed by atoms with Crippen molar-refractivity contribution >= 4 is 11.7 Å². The van der Waals surface area contributed by atoms with Crippen LogP contribution in [0, 0.1) is 17.0 Å². The van der Waals surface area contributed by atoms with Crippen molar-refractivity contribution in [3.05, 3.63) is 39.4 Å². The predicted molar refractivity (Wildman–Crippen MR) is 53.8 cm³/mol. The molecule has 0 bridgehead atoms. The second kappa shape index (κ2) is 4.54. The number of aliphatic carboxylic acids is 1. The molecular formula is C10H11NO4. The van der Waals surface area contributed by atoms with E-state index >= 15 is 0 Å². The fourth-order valence-corrected chi connectivity index (χ4v) is 1.33. The fourth-order valence-electron chi connectivity index (χ4n) is 1.33. The molecule has 0 heterocycles. The van der Waals surface area contributed by atoms with Crippen LogP contribution in [-0.4, -0.2) is 16.0 Å². The number of nitro groups is 1. The van der Waals surface area contributed by atoms with Gasteiger partial charge in [-0.2, -0.15) is 0 Å². The summed E-state index contributed by atoms with van der Waals surface area (Å²) in [5.74, 6) is -0.953. The van der Waals surface area contributed by atoms with Gasteiger partial charge in [-0.25, -0.2) is 0 Å². The topological polar surface area (TPSA) is 80.4 Å². The minimum atomic E-state index is -0.953. The summed E-state index contributed by atoms with van der Waals surface area (Å²) in [6, 6.07) is 4.70. The summed E-state index contributed by atoms with van der Waals surface area (Å²) in [4.78, 5) is 20.5. The fraction of sp³-hybridized carbons (Fsp3) is 0.300. The Labute approximate surface area is 86.5 Å². The number of nitrogens with zero attached hydrogens (tertiary/aromatic N) is 1. The van der Waals surface area contributed by atoms with E-state index in [9.17, 15) is 14.9 Å². The third-order valence-electron chi connectivity index (χ3n) is 2.04. The molecule has 0 saturated carbocycles. The van der Waals surface area contributed by atoms with E-state index in [1.165, 1.54) is 6.07 Å². The summed E-state index contributed by atoms with van der Waals surface area (Å²) in [7, 11) is 0. The Morgan fingerprint density at radius 3 is 2.73 bits per heavy atom. The zero-order valence-electron chi connectivity index (χ0n) is 8.27. The molecule has 1 rings (SSSR count). The van der Waals surface area contributed by atoms with Gasteiger partial charge in [0.05, 0.1) is 4.92 Å². The molecule has 1 aromatic carbocycles. The lowest BCUT2D eigenvalue weighted by atomic mass is 10.0. The van der Waals surface area contributed by atoms with Crippen molar-refractivity contribution in [2.45, 2.75) is 19.8 Å². The normalized spacial score (nSPS) is 9.93. The first-order valence-electron chi connectivity index (χ1n) is 4.46. The van der Waals surface area contributed by atoms with Gasteiger partial charge >= 0.3 is 5.97 Å². The quantitative estimate of drug-likeness (QED) is 0.606. The highest BCUT2D eigenvalue weighted by Crippen LogP contribution is 2.21. The van der Waals surface area contributed by atoms with Gasteiger partial charge < -0.3 is 5.11 Å². The van der Waals surface area contributed by atoms with Crippen LogP contribution in [0.1, 0.15) is 17.5 Å². The number of carboxylic acid groups (broad SMARTS) is 1. The molecule has 0 atom stereocenters. The maximum absolute atomic E-state index is 10.6. The minimum absolute atomic E-state index is 0.0122. The zero-order chi connectivity index (χ0) is 11.4. The molecule has 0 radical (unpaired) electrons. The standard InChI is InChI=1S/C10H11NO4/c1-7-2-4-9(11(14)15)8(6-7)3-5-10(12)13/h2,4,6H,3,5H2,1H3,(H,12,13). The van der Waals surface area contributed by atoms with E-state index in [0.717, 1.165) is 5.56 Å². The highest BCUT2D eigenvalue weighted by atomic mass is 16.6. The first kappa shape index (κ1) is 11.2. The van der Waals surface area contributed by atoms with Crippen molar-refractivity contribution in [3.63, 3.8) is 0 Å². The molecule has 0 aromatic heterocycles. The first-order chi connectivity index (χ1) is 7.00.